The van der Waals surface area contributed by atoms with Crippen LogP contribution in [0.1, 0.15) is 11.1 Å². The van der Waals surface area contributed by atoms with Gasteiger partial charge in [-0.3, -0.25) is 4.99 Å². The molecule has 0 spiro atoms. The van der Waals surface area contributed by atoms with Crippen molar-refractivity contribution in [2.24, 2.45) is 4.99 Å². The maximum absolute atomic E-state index is 13.7. The van der Waals surface area contributed by atoms with Crippen molar-refractivity contribution >= 4 is 5.96 Å². The molecule has 0 fully saturated rings. The molecule has 2 N–H and O–H groups in total. The van der Waals surface area contributed by atoms with Gasteiger partial charge >= 0.3 is 0 Å². The Hall–Kier alpha value is -3.03. The number of benzene rings is 2. The predicted octanol–water partition coefficient (Wildman–Crippen LogP) is 2.86. The quantitative estimate of drug-likeness (QED) is 0.572. The Morgan fingerprint density at radius 3 is 2.11 bits per heavy atom. The summed E-state index contributed by atoms with van der Waals surface area (Å²) in [5, 5.41) is 6.05. The van der Waals surface area contributed by atoms with Crippen LogP contribution in [0.5, 0.6) is 17.2 Å². The molecule has 2 aromatic rings. The molecule has 6 nitrogen and oxygen atoms in total. The molecule has 0 saturated heterocycles. The first-order chi connectivity index (χ1) is 13.0. The molecule has 27 heavy (non-hydrogen) atoms. The highest BCUT2D eigenvalue weighted by molar-refractivity contribution is 5.79. The van der Waals surface area contributed by atoms with Gasteiger partial charge in [0.1, 0.15) is 28.9 Å². The van der Waals surface area contributed by atoms with Gasteiger partial charge in [-0.2, -0.15) is 0 Å². The van der Waals surface area contributed by atoms with Crippen LogP contribution in [0.3, 0.4) is 0 Å². The highest BCUT2D eigenvalue weighted by atomic mass is 19.1. The van der Waals surface area contributed by atoms with Crippen molar-refractivity contribution in [1.29, 1.82) is 0 Å². The van der Waals surface area contributed by atoms with E-state index in [1.807, 2.05) is 0 Å². The number of nitrogens with one attached hydrogen (secondary N) is 2. The van der Waals surface area contributed by atoms with Gasteiger partial charge < -0.3 is 24.8 Å². The number of guanidine groups is 1. The van der Waals surface area contributed by atoms with E-state index in [0.717, 1.165) is 23.8 Å². The number of aliphatic imine (C=N–C) groups is 1. The maximum Gasteiger partial charge on any atom is 0.191 e. The van der Waals surface area contributed by atoms with Crippen LogP contribution in [0.25, 0.3) is 0 Å². The van der Waals surface area contributed by atoms with Crippen LogP contribution in [0.15, 0.2) is 35.3 Å². The van der Waals surface area contributed by atoms with Crippen molar-refractivity contribution in [3.63, 3.8) is 0 Å². The molecule has 0 aliphatic rings. The second kappa shape index (κ2) is 9.61. The van der Waals surface area contributed by atoms with Gasteiger partial charge in [0.2, 0.25) is 0 Å². The minimum Gasteiger partial charge on any atom is -0.496 e. The first kappa shape index (κ1) is 20.3. The predicted molar refractivity (Wildman–Crippen MR) is 99.5 cm³/mol. The average Bonchev–Trinajstić information content (AvgIpc) is 2.69. The van der Waals surface area contributed by atoms with Gasteiger partial charge in [-0.15, -0.1) is 0 Å². The molecule has 0 aliphatic carbocycles. The Morgan fingerprint density at radius 1 is 0.926 bits per heavy atom. The number of ether oxygens (including phenoxy) is 3. The van der Waals surface area contributed by atoms with E-state index >= 15 is 0 Å². The second-order valence-electron chi connectivity index (χ2n) is 5.53. The highest BCUT2D eigenvalue weighted by Gasteiger charge is 2.14. The Balaban J connectivity index is 2.09. The number of halogens is 2. The largest absolute Gasteiger partial charge is 0.496 e. The van der Waals surface area contributed by atoms with Crippen LogP contribution in [0.2, 0.25) is 0 Å². The molecule has 2 aromatic carbocycles. The van der Waals surface area contributed by atoms with Crippen molar-refractivity contribution < 1.29 is 23.0 Å². The van der Waals surface area contributed by atoms with Gasteiger partial charge in [0.25, 0.3) is 0 Å². The molecule has 146 valence electrons. The van der Waals surface area contributed by atoms with Crippen molar-refractivity contribution in [2.45, 2.75) is 13.1 Å². The average molecular weight is 379 g/mol. The number of nitrogens with zero attached hydrogens (tertiary/aromatic N) is 1. The molecule has 2 rings (SSSR count). The van der Waals surface area contributed by atoms with Gasteiger partial charge in [-0.1, -0.05) is 0 Å². The van der Waals surface area contributed by atoms with E-state index in [1.165, 1.54) is 0 Å². The van der Waals surface area contributed by atoms with Crippen molar-refractivity contribution in [2.75, 3.05) is 28.4 Å². The Labute approximate surface area is 157 Å². The first-order valence-corrected chi connectivity index (χ1v) is 8.19. The monoisotopic (exact) mass is 379 g/mol. The van der Waals surface area contributed by atoms with Crippen LogP contribution in [-0.2, 0) is 13.1 Å². The molecular weight excluding hydrogens is 356 g/mol. The smallest absolute Gasteiger partial charge is 0.191 e. The summed E-state index contributed by atoms with van der Waals surface area (Å²) < 4.78 is 43.0. The third-order valence-corrected chi connectivity index (χ3v) is 3.93. The van der Waals surface area contributed by atoms with Crippen molar-refractivity contribution in [3.05, 3.63) is 53.1 Å². The Bertz CT molecular complexity index is 788. The minimum absolute atomic E-state index is 0.0835. The maximum atomic E-state index is 13.7. The van der Waals surface area contributed by atoms with Crippen LogP contribution in [-0.4, -0.2) is 34.3 Å². The molecule has 0 aromatic heterocycles. The lowest BCUT2D eigenvalue weighted by Gasteiger charge is -2.17. The summed E-state index contributed by atoms with van der Waals surface area (Å²) in [6.07, 6.45) is 0. The molecule has 0 saturated carbocycles. The zero-order chi connectivity index (χ0) is 19.8. The molecule has 8 heteroatoms. The summed E-state index contributed by atoms with van der Waals surface area (Å²) in [4.78, 5) is 4.09. The zero-order valence-electron chi connectivity index (χ0n) is 15.7. The van der Waals surface area contributed by atoms with E-state index in [9.17, 15) is 8.78 Å². The molecule has 0 amide bonds. The minimum atomic E-state index is -0.496. The van der Waals surface area contributed by atoms with Crippen LogP contribution in [0, 0.1) is 11.6 Å². The second-order valence-corrected chi connectivity index (χ2v) is 5.53. The molecule has 0 aliphatic heterocycles. The standard InChI is InChI=1S/C19H23F2N3O3/c1-22-19(23-10-12-7-13(20)5-6-16(12)21)24-11-15-17(26-3)8-14(25-2)9-18(15)27-4/h5-9H,10-11H2,1-4H3,(H2,22,23,24). The summed E-state index contributed by atoms with van der Waals surface area (Å²) in [6, 6.07) is 6.81. The molecule has 0 radical (unpaired) electrons. The Kier molecular flexibility index (Phi) is 7.22. The number of hydrogen-bond acceptors (Lipinski definition) is 4. The van der Waals surface area contributed by atoms with Gasteiger partial charge in [-0.25, -0.2) is 8.78 Å². The highest BCUT2D eigenvalue weighted by Crippen LogP contribution is 2.33. The van der Waals surface area contributed by atoms with Gasteiger partial charge in [-0.05, 0) is 18.2 Å². The number of hydrogen-bond donors (Lipinski definition) is 2. The zero-order valence-corrected chi connectivity index (χ0v) is 15.7. The van der Waals surface area contributed by atoms with E-state index in [0.29, 0.717) is 29.8 Å². The summed E-state index contributed by atoms with van der Waals surface area (Å²) >= 11 is 0. The van der Waals surface area contributed by atoms with E-state index in [1.54, 1.807) is 40.5 Å². The summed E-state index contributed by atoms with van der Waals surface area (Å²) in [7, 11) is 6.25. The molecule has 0 bridgehead atoms. The summed E-state index contributed by atoms with van der Waals surface area (Å²) in [5.74, 6) is 1.22. The third kappa shape index (κ3) is 5.22. The Morgan fingerprint density at radius 2 is 1.56 bits per heavy atom. The SMILES string of the molecule is CN=C(NCc1cc(F)ccc1F)NCc1c(OC)cc(OC)cc1OC. The van der Waals surface area contributed by atoms with Crippen LogP contribution in [0.4, 0.5) is 8.78 Å². The van der Waals surface area contributed by atoms with E-state index < -0.39 is 11.6 Å². The van der Waals surface area contributed by atoms with Crippen LogP contribution >= 0.6 is 0 Å². The van der Waals surface area contributed by atoms with E-state index in [-0.39, 0.29) is 12.1 Å². The molecule has 0 unspecified atom stereocenters. The number of methoxy groups -OCH3 is 3. The van der Waals surface area contributed by atoms with Crippen molar-refractivity contribution in [1.82, 2.24) is 10.6 Å². The summed E-state index contributed by atoms with van der Waals surface area (Å²) in [5.41, 5.74) is 0.971. The fraction of sp³-hybridized carbons (Fsp3) is 0.316. The van der Waals surface area contributed by atoms with E-state index in [4.69, 9.17) is 14.2 Å². The van der Waals surface area contributed by atoms with E-state index in [2.05, 4.69) is 15.6 Å². The lowest BCUT2D eigenvalue weighted by atomic mass is 10.1. The topological polar surface area (TPSA) is 64.1 Å². The molecule has 0 atom stereocenters. The molecular formula is C19H23F2N3O3. The fourth-order valence-corrected chi connectivity index (χ4v) is 2.50. The first-order valence-electron chi connectivity index (χ1n) is 8.19. The third-order valence-electron chi connectivity index (χ3n) is 3.93. The van der Waals surface area contributed by atoms with Gasteiger partial charge in [0, 0.05) is 31.3 Å². The van der Waals surface area contributed by atoms with Gasteiger partial charge in [0.05, 0.1) is 33.4 Å². The number of rotatable bonds is 7. The fourth-order valence-electron chi connectivity index (χ4n) is 2.50. The normalized spacial score (nSPS) is 11.1. The summed E-state index contributed by atoms with van der Waals surface area (Å²) in [6.45, 7) is 0.418. The lowest BCUT2D eigenvalue weighted by Crippen LogP contribution is -2.36. The van der Waals surface area contributed by atoms with Gasteiger partial charge in [0.15, 0.2) is 5.96 Å². The molecule has 0 heterocycles. The van der Waals surface area contributed by atoms with Crippen molar-refractivity contribution in [3.8, 4) is 17.2 Å². The van der Waals surface area contributed by atoms with Crippen LogP contribution < -0.4 is 24.8 Å². The lowest BCUT2D eigenvalue weighted by molar-refractivity contribution is 0.368.